The van der Waals surface area contributed by atoms with Gasteiger partial charge in [-0.3, -0.25) is 9.69 Å². The molecule has 0 spiro atoms. The van der Waals surface area contributed by atoms with Crippen molar-refractivity contribution in [3.05, 3.63) is 51.1 Å². The normalized spacial score (nSPS) is 15.4. The van der Waals surface area contributed by atoms with Gasteiger partial charge in [-0.1, -0.05) is 40.9 Å². The lowest BCUT2D eigenvalue weighted by Gasteiger charge is -2.35. The number of nitrogens with zero attached hydrogens (tertiary/aromatic N) is 3. The van der Waals surface area contributed by atoms with Gasteiger partial charge in [0.05, 0.1) is 32.9 Å². The smallest absolute Gasteiger partial charge is 0.353 e. The zero-order chi connectivity index (χ0) is 21.2. The summed E-state index contributed by atoms with van der Waals surface area (Å²) in [6, 6.07) is 5.81. The SMILES string of the molecule is O=C(CN1CCN(c2ncc(C(F)(F)F)cc2Cl)CC1)Nc1c(Cl)cccc1Cl. The van der Waals surface area contributed by atoms with Crippen LogP contribution in [-0.4, -0.2) is 48.5 Å². The monoisotopic (exact) mass is 466 g/mol. The predicted molar refractivity (Wildman–Crippen MR) is 108 cm³/mol. The summed E-state index contributed by atoms with van der Waals surface area (Å²) in [5, 5.41) is 3.34. The Labute approximate surface area is 180 Å². The van der Waals surface area contributed by atoms with Crippen LogP contribution < -0.4 is 10.2 Å². The highest BCUT2D eigenvalue weighted by Gasteiger charge is 2.32. The second kappa shape index (κ2) is 8.95. The van der Waals surface area contributed by atoms with Crippen LogP contribution in [0.2, 0.25) is 15.1 Å². The molecule has 1 saturated heterocycles. The van der Waals surface area contributed by atoms with Gasteiger partial charge in [0.25, 0.3) is 0 Å². The maximum Gasteiger partial charge on any atom is 0.417 e. The number of halogens is 6. The molecule has 2 aromatic rings. The maximum atomic E-state index is 12.7. The van der Waals surface area contributed by atoms with Gasteiger partial charge < -0.3 is 10.2 Å². The molecule has 1 aliphatic heterocycles. The number of anilines is 2. The number of nitrogens with one attached hydrogen (secondary N) is 1. The highest BCUT2D eigenvalue weighted by Crippen LogP contribution is 2.34. The van der Waals surface area contributed by atoms with E-state index in [1.54, 1.807) is 23.1 Å². The van der Waals surface area contributed by atoms with Gasteiger partial charge in [0, 0.05) is 32.4 Å². The van der Waals surface area contributed by atoms with Crippen molar-refractivity contribution < 1.29 is 18.0 Å². The summed E-state index contributed by atoms with van der Waals surface area (Å²) in [7, 11) is 0. The summed E-state index contributed by atoms with van der Waals surface area (Å²) in [4.78, 5) is 19.9. The Kier molecular flexibility index (Phi) is 6.78. The molecule has 1 aromatic heterocycles. The Morgan fingerprint density at radius 2 is 1.69 bits per heavy atom. The van der Waals surface area contributed by atoms with Crippen LogP contribution in [0, 0.1) is 0 Å². The second-order valence-corrected chi connectivity index (χ2v) is 7.66. The summed E-state index contributed by atoms with van der Waals surface area (Å²) < 4.78 is 38.2. The lowest BCUT2D eigenvalue weighted by Crippen LogP contribution is -2.49. The van der Waals surface area contributed by atoms with Gasteiger partial charge in [0.15, 0.2) is 0 Å². The van der Waals surface area contributed by atoms with Gasteiger partial charge in [-0.25, -0.2) is 4.98 Å². The molecule has 5 nitrogen and oxygen atoms in total. The number of hydrogen-bond donors (Lipinski definition) is 1. The molecule has 29 heavy (non-hydrogen) atoms. The number of alkyl halides is 3. The molecular formula is C18H16Cl3F3N4O. The fraction of sp³-hybridized carbons (Fsp3) is 0.333. The number of carbonyl (C=O) groups excluding carboxylic acids is 1. The molecule has 2 heterocycles. The van der Waals surface area contributed by atoms with Crippen LogP contribution in [0.25, 0.3) is 0 Å². The molecule has 1 amide bonds. The van der Waals surface area contributed by atoms with Gasteiger partial charge in [0.2, 0.25) is 5.91 Å². The van der Waals surface area contributed by atoms with Gasteiger partial charge in [-0.2, -0.15) is 13.2 Å². The molecule has 0 unspecified atom stereocenters. The average molecular weight is 468 g/mol. The molecule has 1 aromatic carbocycles. The minimum Gasteiger partial charge on any atom is -0.353 e. The molecule has 0 saturated carbocycles. The Morgan fingerprint density at radius 1 is 1.07 bits per heavy atom. The molecule has 1 N–H and O–H groups in total. The Bertz CT molecular complexity index is 882. The van der Waals surface area contributed by atoms with Gasteiger partial charge >= 0.3 is 6.18 Å². The van der Waals surface area contributed by atoms with Crippen LogP contribution in [-0.2, 0) is 11.0 Å². The van der Waals surface area contributed by atoms with E-state index < -0.39 is 11.7 Å². The first-order chi connectivity index (χ1) is 13.6. The van der Waals surface area contributed by atoms with E-state index >= 15 is 0 Å². The molecule has 0 aliphatic carbocycles. The van der Waals surface area contributed by atoms with E-state index in [-0.39, 0.29) is 17.5 Å². The van der Waals surface area contributed by atoms with Crippen molar-refractivity contribution in [3.63, 3.8) is 0 Å². The van der Waals surface area contributed by atoms with E-state index in [1.807, 2.05) is 4.90 Å². The number of pyridine rings is 1. The van der Waals surface area contributed by atoms with Crippen molar-refractivity contribution in [1.82, 2.24) is 9.88 Å². The highest BCUT2D eigenvalue weighted by molar-refractivity contribution is 6.39. The van der Waals surface area contributed by atoms with E-state index in [1.165, 1.54) is 0 Å². The third kappa shape index (κ3) is 5.45. The van der Waals surface area contributed by atoms with Gasteiger partial charge in [-0.15, -0.1) is 0 Å². The van der Waals surface area contributed by atoms with Crippen LogP contribution in [0.5, 0.6) is 0 Å². The van der Waals surface area contributed by atoms with E-state index in [0.717, 1.165) is 12.3 Å². The molecule has 0 radical (unpaired) electrons. The topological polar surface area (TPSA) is 48.5 Å². The van der Waals surface area contributed by atoms with Crippen molar-refractivity contribution in [2.45, 2.75) is 6.18 Å². The van der Waals surface area contributed by atoms with Crippen LogP contribution >= 0.6 is 34.8 Å². The third-order valence-corrected chi connectivity index (χ3v) is 5.32. The van der Waals surface area contributed by atoms with Crippen LogP contribution in [0.3, 0.4) is 0 Å². The van der Waals surface area contributed by atoms with Crippen LogP contribution in [0.15, 0.2) is 30.5 Å². The van der Waals surface area contributed by atoms with Crippen molar-refractivity contribution in [2.24, 2.45) is 0 Å². The molecule has 1 fully saturated rings. The fourth-order valence-electron chi connectivity index (χ4n) is 2.94. The van der Waals surface area contributed by atoms with Crippen molar-refractivity contribution in [3.8, 4) is 0 Å². The molecule has 1 aliphatic rings. The number of carbonyl (C=O) groups is 1. The molecule has 11 heteroatoms. The molecule has 3 rings (SSSR count). The summed E-state index contributed by atoms with van der Waals surface area (Å²) >= 11 is 18.1. The number of aromatic nitrogens is 1. The predicted octanol–water partition coefficient (Wildman–Crippen LogP) is 4.82. The lowest BCUT2D eigenvalue weighted by molar-refractivity contribution is -0.137. The average Bonchev–Trinajstić information content (AvgIpc) is 2.65. The third-order valence-electron chi connectivity index (χ3n) is 4.42. The Balaban J connectivity index is 1.56. The second-order valence-electron chi connectivity index (χ2n) is 6.44. The first kappa shape index (κ1) is 22.0. The fourth-order valence-corrected chi connectivity index (χ4v) is 3.71. The van der Waals surface area contributed by atoms with E-state index in [2.05, 4.69) is 10.3 Å². The Hall–Kier alpha value is -1.74. The maximum absolute atomic E-state index is 12.7. The summed E-state index contributed by atoms with van der Waals surface area (Å²) in [5.41, 5.74) is -0.528. The number of rotatable bonds is 4. The quantitative estimate of drug-likeness (QED) is 0.700. The van der Waals surface area contributed by atoms with Crippen molar-refractivity contribution >= 4 is 52.2 Å². The summed E-state index contributed by atoms with van der Waals surface area (Å²) in [6.45, 7) is 2.10. The zero-order valence-corrected chi connectivity index (χ0v) is 17.2. The molecule has 0 bridgehead atoms. The van der Waals surface area contributed by atoms with E-state index in [4.69, 9.17) is 34.8 Å². The van der Waals surface area contributed by atoms with Crippen molar-refractivity contribution in [2.75, 3.05) is 42.9 Å². The van der Waals surface area contributed by atoms with E-state index in [9.17, 15) is 18.0 Å². The highest BCUT2D eigenvalue weighted by atomic mass is 35.5. The standard InChI is InChI=1S/C18H16Cl3F3N4O/c19-12-2-1-3-13(20)16(12)26-15(29)10-27-4-6-28(7-5-27)17-14(21)8-11(9-25-17)18(22,23)24/h1-3,8-9H,4-7,10H2,(H,26,29). The van der Waals surface area contributed by atoms with Crippen molar-refractivity contribution in [1.29, 1.82) is 0 Å². The molecule has 0 atom stereocenters. The zero-order valence-electron chi connectivity index (χ0n) is 14.9. The lowest BCUT2D eigenvalue weighted by atomic mass is 10.2. The van der Waals surface area contributed by atoms with Gasteiger partial charge in [-0.05, 0) is 18.2 Å². The summed E-state index contributed by atoms with van der Waals surface area (Å²) in [5.74, 6) is 0.0331. The van der Waals surface area contributed by atoms with Gasteiger partial charge in [0.1, 0.15) is 5.82 Å². The largest absolute Gasteiger partial charge is 0.417 e. The minimum atomic E-state index is -4.49. The molecular weight excluding hydrogens is 452 g/mol. The number of benzene rings is 1. The van der Waals surface area contributed by atoms with Crippen LogP contribution in [0.4, 0.5) is 24.7 Å². The Morgan fingerprint density at radius 3 is 2.24 bits per heavy atom. The molecule has 156 valence electrons. The first-order valence-corrected chi connectivity index (χ1v) is 9.72. The number of para-hydroxylation sites is 1. The van der Waals surface area contributed by atoms with E-state index in [0.29, 0.717) is 47.7 Å². The number of hydrogen-bond acceptors (Lipinski definition) is 4. The van der Waals surface area contributed by atoms with Crippen LogP contribution in [0.1, 0.15) is 5.56 Å². The summed E-state index contributed by atoms with van der Waals surface area (Å²) in [6.07, 6.45) is -3.72. The first-order valence-electron chi connectivity index (χ1n) is 8.59. The number of piperazine rings is 1. The number of amides is 1. The minimum absolute atomic E-state index is 0.0561.